The maximum absolute atomic E-state index is 13.3. The van der Waals surface area contributed by atoms with Crippen LogP contribution in [0.25, 0.3) is 0 Å². The van der Waals surface area contributed by atoms with Crippen LogP contribution < -0.4 is 10.0 Å². The van der Waals surface area contributed by atoms with Gasteiger partial charge in [-0.15, -0.1) is 0 Å². The van der Waals surface area contributed by atoms with Crippen molar-refractivity contribution in [2.24, 2.45) is 5.92 Å². The predicted molar refractivity (Wildman–Crippen MR) is 137 cm³/mol. The highest BCUT2D eigenvalue weighted by Crippen LogP contribution is 2.24. The standard InChI is InChI=1S/C27H29N3O4S/c1-19-10-14-24(15-11-19)29-35(33,34)25-17-21(13-12-20(25)2)27(32)30-16-6-7-22(18-30)26(31)28-23-8-4-3-5-9-23/h3-5,8-15,17,22,29H,6-7,16,18H2,1-2H3,(H,28,31). The van der Waals surface area contributed by atoms with Gasteiger partial charge in [-0.05, 0) is 68.7 Å². The SMILES string of the molecule is Cc1ccc(NS(=O)(=O)c2cc(C(=O)N3CCCC(C(=O)Nc4ccccc4)C3)ccc2C)cc1. The molecule has 3 aromatic rings. The molecule has 1 fully saturated rings. The fraction of sp³-hybridized carbons (Fsp3) is 0.259. The van der Waals surface area contributed by atoms with Crippen LogP contribution in [0.4, 0.5) is 11.4 Å². The number of rotatable bonds is 6. The number of likely N-dealkylation sites (tertiary alicyclic amines) is 1. The minimum atomic E-state index is -3.89. The van der Waals surface area contributed by atoms with Crippen LogP contribution in [0.15, 0.2) is 77.7 Å². The third kappa shape index (κ3) is 5.89. The van der Waals surface area contributed by atoms with Gasteiger partial charge < -0.3 is 10.2 Å². The van der Waals surface area contributed by atoms with E-state index in [-0.39, 0.29) is 34.7 Å². The van der Waals surface area contributed by atoms with Gasteiger partial charge in [0.2, 0.25) is 5.91 Å². The van der Waals surface area contributed by atoms with Crippen molar-refractivity contribution in [3.05, 3.63) is 89.5 Å². The number of hydrogen-bond donors (Lipinski definition) is 2. The van der Waals surface area contributed by atoms with Gasteiger partial charge in [-0.2, -0.15) is 0 Å². The molecule has 0 saturated carbocycles. The minimum absolute atomic E-state index is 0.0549. The second-order valence-electron chi connectivity index (χ2n) is 8.90. The second-order valence-corrected chi connectivity index (χ2v) is 10.5. The van der Waals surface area contributed by atoms with Crippen LogP contribution in [0, 0.1) is 19.8 Å². The Labute approximate surface area is 206 Å². The summed E-state index contributed by atoms with van der Waals surface area (Å²) < 4.78 is 28.8. The first-order valence-electron chi connectivity index (χ1n) is 11.6. The molecule has 8 heteroatoms. The number of carbonyl (C=O) groups excluding carboxylic acids is 2. The number of sulfonamides is 1. The molecule has 0 aromatic heterocycles. The van der Waals surface area contributed by atoms with Crippen LogP contribution in [-0.4, -0.2) is 38.2 Å². The largest absolute Gasteiger partial charge is 0.338 e. The molecule has 1 unspecified atom stereocenters. The summed E-state index contributed by atoms with van der Waals surface area (Å²) in [7, 11) is -3.89. The topological polar surface area (TPSA) is 95.6 Å². The summed E-state index contributed by atoms with van der Waals surface area (Å²) in [6.45, 7) is 4.43. The summed E-state index contributed by atoms with van der Waals surface area (Å²) in [4.78, 5) is 27.7. The molecule has 35 heavy (non-hydrogen) atoms. The highest BCUT2D eigenvalue weighted by molar-refractivity contribution is 7.92. The number of nitrogens with zero attached hydrogens (tertiary/aromatic N) is 1. The lowest BCUT2D eigenvalue weighted by molar-refractivity contribution is -0.121. The minimum Gasteiger partial charge on any atom is -0.338 e. The Balaban J connectivity index is 1.49. The number of piperidine rings is 1. The number of aryl methyl sites for hydroxylation is 2. The lowest BCUT2D eigenvalue weighted by Crippen LogP contribution is -2.43. The lowest BCUT2D eigenvalue weighted by atomic mass is 9.96. The van der Waals surface area contributed by atoms with E-state index in [4.69, 9.17) is 0 Å². The third-order valence-corrected chi connectivity index (χ3v) is 7.67. The molecular weight excluding hydrogens is 462 g/mol. The molecule has 1 atom stereocenters. The van der Waals surface area contributed by atoms with Crippen molar-refractivity contribution in [1.29, 1.82) is 0 Å². The number of anilines is 2. The van der Waals surface area contributed by atoms with E-state index in [1.54, 1.807) is 36.1 Å². The highest BCUT2D eigenvalue weighted by Gasteiger charge is 2.30. The van der Waals surface area contributed by atoms with Crippen LogP contribution in [0.3, 0.4) is 0 Å². The Hall–Kier alpha value is -3.65. The number of nitrogens with one attached hydrogen (secondary N) is 2. The molecule has 4 rings (SSSR count). The second kappa shape index (κ2) is 10.3. The Morgan fingerprint density at radius 1 is 0.914 bits per heavy atom. The van der Waals surface area contributed by atoms with Gasteiger partial charge in [0.25, 0.3) is 15.9 Å². The first-order valence-corrected chi connectivity index (χ1v) is 13.1. The Bertz CT molecular complexity index is 1320. The molecule has 1 aliphatic heterocycles. The van der Waals surface area contributed by atoms with Crippen molar-refractivity contribution in [2.75, 3.05) is 23.1 Å². The maximum atomic E-state index is 13.3. The summed E-state index contributed by atoms with van der Waals surface area (Å²) >= 11 is 0. The molecule has 1 heterocycles. The smallest absolute Gasteiger partial charge is 0.262 e. The summed E-state index contributed by atoms with van der Waals surface area (Å²) in [6, 6.07) is 21.0. The average Bonchev–Trinajstić information content (AvgIpc) is 2.86. The average molecular weight is 492 g/mol. The van der Waals surface area contributed by atoms with E-state index in [2.05, 4.69) is 10.0 Å². The van der Waals surface area contributed by atoms with Crippen LogP contribution in [0.5, 0.6) is 0 Å². The van der Waals surface area contributed by atoms with Crippen LogP contribution in [0.2, 0.25) is 0 Å². The predicted octanol–water partition coefficient (Wildman–Crippen LogP) is 4.60. The number of carbonyl (C=O) groups is 2. The van der Waals surface area contributed by atoms with Crippen molar-refractivity contribution in [3.8, 4) is 0 Å². The Kier molecular flexibility index (Phi) is 7.21. The fourth-order valence-electron chi connectivity index (χ4n) is 4.18. The van der Waals surface area contributed by atoms with Crippen molar-refractivity contribution in [3.63, 3.8) is 0 Å². The van der Waals surface area contributed by atoms with Crippen LogP contribution in [-0.2, 0) is 14.8 Å². The molecular formula is C27H29N3O4S. The first-order chi connectivity index (χ1) is 16.7. The summed E-state index contributed by atoms with van der Waals surface area (Å²) in [5.41, 5.74) is 3.02. The zero-order chi connectivity index (χ0) is 25.0. The number of hydrogen-bond acceptors (Lipinski definition) is 4. The number of benzene rings is 3. The zero-order valence-electron chi connectivity index (χ0n) is 19.8. The van der Waals surface area contributed by atoms with E-state index in [1.165, 1.54) is 6.07 Å². The molecule has 1 aliphatic rings. The molecule has 0 spiro atoms. The van der Waals surface area contributed by atoms with Gasteiger partial charge >= 0.3 is 0 Å². The fourth-order valence-corrected chi connectivity index (χ4v) is 5.51. The van der Waals surface area contributed by atoms with E-state index in [0.29, 0.717) is 30.6 Å². The number of amides is 2. The number of para-hydroxylation sites is 1. The maximum Gasteiger partial charge on any atom is 0.262 e. The summed E-state index contributed by atoms with van der Waals surface area (Å²) in [6.07, 6.45) is 1.39. The molecule has 0 bridgehead atoms. The normalized spacial score (nSPS) is 15.9. The van der Waals surface area contributed by atoms with Gasteiger partial charge in [0.05, 0.1) is 10.8 Å². The monoisotopic (exact) mass is 491 g/mol. The zero-order valence-corrected chi connectivity index (χ0v) is 20.6. The molecule has 2 N–H and O–H groups in total. The molecule has 2 amide bonds. The third-order valence-electron chi connectivity index (χ3n) is 6.15. The Morgan fingerprint density at radius 3 is 2.34 bits per heavy atom. The van der Waals surface area contributed by atoms with Gasteiger partial charge in [0.1, 0.15) is 0 Å². The molecule has 3 aromatic carbocycles. The molecule has 1 saturated heterocycles. The van der Waals surface area contributed by atoms with Gasteiger partial charge in [0.15, 0.2) is 0 Å². The van der Waals surface area contributed by atoms with E-state index >= 15 is 0 Å². The van der Waals surface area contributed by atoms with E-state index in [9.17, 15) is 18.0 Å². The molecule has 182 valence electrons. The van der Waals surface area contributed by atoms with Gasteiger partial charge in [-0.1, -0.05) is 42.0 Å². The van der Waals surface area contributed by atoms with Gasteiger partial charge in [-0.25, -0.2) is 8.42 Å². The first kappa shape index (κ1) is 24.5. The van der Waals surface area contributed by atoms with Crippen LogP contribution >= 0.6 is 0 Å². The van der Waals surface area contributed by atoms with Gasteiger partial charge in [-0.3, -0.25) is 14.3 Å². The lowest BCUT2D eigenvalue weighted by Gasteiger charge is -2.32. The highest BCUT2D eigenvalue weighted by atomic mass is 32.2. The molecule has 0 aliphatic carbocycles. The van der Waals surface area contributed by atoms with Crippen molar-refractivity contribution < 1.29 is 18.0 Å². The molecule has 7 nitrogen and oxygen atoms in total. The van der Waals surface area contributed by atoms with E-state index in [1.807, 2.05) is 49.4 Å². The van der Waals surface area contributed by atoms with Gasteiger partial charge in [0, 0.05) is 30.0 Å². The van der Waals surface area contributed by atoms with E-state index in [0.717, 1.165) is 11.3 Å². The van der Waals surface area contributed by atoms with Crippen molar-refractivity contribution >= 4 is 33.2 Å². The van der Waals surface area contributed by atoms with Crippen molar-refractivity contribution in [1.82, 2.24) is 4.90 Å². The van der Waals surface area contributed by atoms with Crippen LogP contribution in [0.1, 0.15) is 34.3 Å². The van der Waals surface area contributed by atoms with E-state index < -0.39 is 10.0 Å². The molecule has 0 radical (unpaired) electrons. The quantitative estimate of drug-likeness (QED) is 0.527. The Morgan fingerprint density at radius 2 is 1.63 bits per heavy atom. The van der Waals surface area contributed by atoms with Crippen molar-refractivity contribution in [2.45, 2.75) is 31.6 Å². The summed E-state index contributed by atoms with van der Waals surface area (Å²) in [5.74, 6) is -0.734. The summed E-state index contributed by atoms with van der Waals surface area (Å²) in [5, 5.41) is 2.91.